The normalized spacial score (nSPS) is 22.7. The maximum atomic E-state index is 13.2. The molecular formula is C22H26N2O3. The maximum Gasteiger partial charge on any atom is 0.228 e. The van der Waals surface area contributed by atoms with Crippen molar-refractivity contribution in [2.75, 3.05) is 13.1 Å². The van der Waals surface area contributed by atoms with Gasteiger partial charge in [0.15, 0.2) is 0 Å². The number of carbonyl (C=O) groups is 2. The molecule has 0 spiro atoms. The van der Waals surface area contributed by atoms with Gasteiger partial charge >= 0.3 is 0 Å². The summed E-state index contributed by atoms with van der Waals surface area (Å²) >= 11 is 0. The fraction of sp³-hybridized carbons (Fsp3) is 0.455. The van der Waals surface area contributed by atoms with Gasteiger partial charge in [-0.3, -0.25) is 9.59 Å². The molecule has 4 rings (SSSR count). The molecular weight excluding hydrogens is 340 g/mol. The van der Waals surface area contributed by atoms with Crippen LogP contribution in [-0.2, 0) is 16.1 Å². The van der Waals surface area contributed by atoms with Crippen LogP contribution in [0.4, 0.5) is 0 Å². The van der Waals surface area contributed by atoms with Crippen LogP contribution >= 0.6 is 0 Å². The second kappa shape index (κ2) is 7.22. The number of aryl methyl sites for hydroxylation is 2. The number of hydrogen-bond acceptors (Lipinski definition) is 3. The number of nitrogens with zero attached hydrogens (tertiary/aromatic N) is 2. The van der Waals surface area contributed by atoms with Crippen LogP contribution in [0.2, 0.25) is 0 Å². The molecule has 3 heterocycles. The lowest BCUT2D eigenvalue weighted by Gasteiger charge is -2.28. The van der Waals surface area contributed by atoms with Crippen LogP contribution in [-0.4, -0.2) is 34.7 Å². The average Bonchev–Trinajstić information content (AvgIpc) is 3.39. The Bertz CT molecular complexity index is 843. The van der Waals surface area contributed by atoms with Gasteiger partial charge in [-0.2, -0.15) is 0 Å². The number of rotatable bonds is 4. The highest BCUT2D eigenvalue weighted by Crippen LogP contribution is 2.35. The lowest BCUT2D eigenvalue weighted by molar-refractivity contribution is -0.136. The van der Waals surface area contributed by atoms with Gasteiger partial charge < -0.3 is 14.2 Å². The number of amides is 2. The number of hydrogen-bond donors (Lipinski definition) is 0. The molecule has 2 fully saturated rings. The standard InChI is InChI=1S/C22H26N2O3/c1-15-7-8-17(11-16(15)2)20-6-3-9-24(20)22(26)18-12-21(25)23(13-18)14-19-5-4-10-27-19/h4-5,7-8,10-11,18,20H,3,6,9,12-14H2,1-2H3. The van der Waals surface area contributed by atoms with Gasteiger partial charge in [0.05, 0.1) is 24.8 Å². The molecule has 2 saturated heterocycles. The molecule has 1 aromatic carbocycles. The molecule has 0 saturated carbocycles. The quantitative estimate of drug-likeness (QED) is 0.831. The summed E-state index contributed by atoms with van der Waals surface area (Å²) in [6.07, 6.45) is 3.91. The first kappa shape index (κ1) is 17.8. The smallest absolute Gasteiger partial charge is 0.228 e. The Morgan fingerprint density at radius 1 is 1.22 bits per heavy atom. The molecule has 0 radical (unpaired) electrons. The van der Waals surface area contributed by atoms with Crippen LogP contribution in [0.15, 0.2) is 41.0 Å². The minimum absolute atomic E-state index is 0.0340. The first-order chi connectivity index (χ1) is 13.0. The molecule has 5 nitrogen and oxygen atoms in total. The molecule has 0 N–H and O–H groups in total. The first-order valence-corrected chi connectivity index (χ1v) is 9.70. The molecule has 1 aromatic heterocycles. The molecule has 27 heavy (non-hydrogen) atoms. The van der Waals surface area contributed by atoms with Crippen molar-refractivity contribution >= 4 is 11.8 Å². The van der Waals surface area contributed by atoms with E-state index in [-0.39, 0.29) is 23.8 Å². The van der Waals surface area contributed by atoms with Crippen LogP contribution in [0, 0.1) is 19.8 Å². The molecule has 142 valence electrons. The highest BCUT2D eigenvalue weighted by Gasteiger charge is 2.40. The summed E-state index contributed by atoms with van der Waals surface area (Å²) in [7, 11) is 0. The third-order valence-corrected chi connectivity index (χ3v) is 5.94. The van der Waals surface area contributed by atoms with Crippen LogP contribution in [0.3, 0.4) is 0 Å². The molecule has 2 aliphatic rings. The molecule has 2 aromatic rings. The van der Waals surface area contributed by atoms with Crippen LogP contribution < -0.4 is 0 Å². The van der Waals surface area contributed by atoms with Crippen molar-refractivity contribution in [3.05, 3.63) is 59.0 Å². The summed E-state index contributed by atoms with van der Waals surface area (Å²) < 4.78 is 5.35. The van der Waals surface area contributed by atoms with Gasteiger partial charge in [0.1, 0.15) is 5.76 Å². The van der Waals surface area contributed by atoms with E-state index in [1.165, 1.54) is 16.7 Å². The van der Waals surface area contributed by atoms with Gasteiger partial charge in [-0.1, -0.05) is 18.2 Å². The minimum atomic E-state index is -0.250. The lowest BCUT2D eigenvalue weighted by atomic mass is 9.98. The van der Waals surface area contributed by atoms with Gasteiger partial charge in [-0.05, 0) is 55.5 Å². The van der Waals surface area contributed by atoms with E-state index in [0.717, 1.165) is 25.1 Å². The molecule has 2 unspecified atom stereocenters. The summed E-state index contributed by atoms with van der Waals surface area (Å²) in [6.45, 7) is 5.92. The third kappa shape index (κ3) is 3.51. The monoisotopic (exact) mass is 366 g/mol. The summed E-state index contributed by atoms with van der Waals surface area (Å²) in [4.78, 5) is 29.3. The molecule has 0 bridgehead atoms. The van der Waals surface area contributed by atoms with Crippen molar-refractivity contribution in [3.8, 4) is 0 Å². The summed E-state index contributed by atoms with van der Waals surface area (Å²) in [6, 6.07) is 10.3. The predicted octanol–water partition coefficient (Wildman–Crippen LogP) is 3.61. The summed E-state index contributed by atoms with van der Waals surface area (Å²) in [5.41, 5.74) is 3.73. The van der Waals surface area contributed by atoms with Gasteiger partial charge in [0, 0.05) is 19.5 Å². The molecule has 2 amide bonds. The number of benzene rings is 1. The zero-order valence-electron chi connectivity index (χ0n) is 16.0. The second-order valence-corrected chi connectivity index (χ2v) is 7.79. The first-order valence-electron chi connectivity index (χ1n) is 9.70. The highest BCUT2D eigenvalue weighted by molar-refractivity contribution is 5.89. The summed E-state index contributed by atoms with van der Waals surface area (Å²) in [5, 5.41) is 0. The predicted molar refractivity (Wildman–Crippen MR) is 102 cm³/mol. The topological polar surface area (TPSA) is 53.8 Å². The summed E-state index contributed by atoms with van der Waals surface area (Å²) in [5.74, 6) is 0.655. The van der Waals surface area contributed by atoms with Gasteiger partial charge in [0.25, 0.3) is 0 Å². The van der Waals surface area contributed by atoms with Crippen molar-refractivity contribution in [2.45, 2.75) is 45.7 Å². The molecule has 0 aliphatic carbocycles. The van der Waals surface area contributed by atoms with Crippen LogP contribution in [0.1, 0.15) is 47.8 Å². The Morgan fingerprint density at radius 3 is 2.81 bits per heavy atom. The molecule has 5 heteroatoms. The van der Waals surface area contributed by atoms with Crippen LogP contribution in [0.5, 0.6) is 0 Å². The SMILES string of the molecule is Cc1ccc(C2CCCN2C(=O)C2CC(=O)N(Cc3ccco3)C2)cc1C. The van der Waals surface area contributed by atoms with E-state index in [0.29, 0.717) is 19.5 Å². The number of furan rings is 1. The van der Waals surface area contributed by atoms with E-state index in [1.807, 2.05) is 17.0 Å². The van der Waals surface area contributed by atoms with Gasteiger partial charge in [0.2, 0.25) is 11.8 Å². The van der Waals surface area contributed by atoms with Crippen molar-refractivity contribution in [1.29, 1.82) is 0 Å². The van der Waals surface area contributed by atoms with Crippen molar-refractivity contribution in [2.24, 2.45) is 5.92 Å². The van der Waals surface area contributed by atoms with E-state index < -0.39 is 0 Å². The zero-order valence-corrected chi connectivity index (χ0v) is 16.0. The van der Waals surface area contributed by atoms with Gasteiger partial charge in [-0.15, -0.1) is 0 Å². The Labute approximate surface area is 159 Å². The lowest BCUT2D eigenvalue weighted by Crippen LogP contribution is -2.37. The fourth-order valence-electron chi connectivity index (χ4n) is 4.26. The van der Waals surface area contributed by atoms with Gasteiger partial charge in [-0.25, -0.2) is 0 Å². The van der Waals surface area contributed by atoms with E-state index in [9.17, 15) is 9.59 Å². The highest BCUT2D eigenvalue weighted by atomic mass is 16.3. The second-order valence-electron chi connectivity index (χ2n) is 7.79. The van der Waals surface area contributed by atoms with Crippen molar-refractivity contribution in [1.82, 2.24) is 9.80 Å². The van der Waals surface area contributed by atoms with Crippen molar-refractivity contribution in [3.63, 3.8) is 0 Å². The third-order valence-electron chi connectivity index (χ3n) is 5.94. The molecule has 2 aliphatic heterocycles. The Morgan fingerprint density at radius 2 is 2.07 bits per heavy atom. The largest absolute Gasteiger partial charge is 0.467 e. The van der Waals surface area contributed by atoms with E-state index in [1.54, 1.807) is 11.2 Å². The van der Waals surface area contributed by atoms with E-state index >= 15 is 0 Å². The fourth-order valence-corrected chi connectivity index (χ4v) is 4.26. The minimum Gasteiger partial charge on any atom is -0.467 e. The van der Waals surface area contributed by atoms with E-state index in [2.05, 4.69) is 32.0 Å². The zero-order chi connectivity index (χ0) is 19.0. The maximum absolute atomic E-state index is 13.2. The van der Waals surface area contributed by atoms with Crippen LogP contribution in [0.25, 0.3) is 0 Å². The van der Waals surface area contributed by atoms with Crippen molar-refractivity contribution < 1.29 is 14.0 Å². The Hall–Kier alpha value is -2.56. The number of likely N-dealkylation sites (tertiary alicyclic amines) is 2. The molecule has 2 atom stereocenters. The number of carbonyl (C=O) groups excluding carboxylic acids is 2. The Balaban J connectivity index is 1.46. The van der Waals surface area contributed by atoms with E-state index in [4.69, 9.17) is 4.42 Å². The average molecular weight is 366 g/mol. The Kier molecular flexibility index (Phi) is 4.77.